The largest absolute Gasteiger partial charge is 0.325 e. The summed E-state index contributed by atoms with van der Waals surface area (Å²) in [4.78, 5) is 30.2. The zero-order valence-corrected chi connectivity index (χ0v) is 16.3. The summed E-state index contributed by atoms with van der Waals surface area (Å²) in [5.74, 6) is 0.218. The van der Waals surface area contributed by atoms with Crippen molar-refractivity contribution < 1.29 is 9.59 Å². The molecule has 0 spiro atoms. The summed E-state index contributed by atoms with van der Waals surface area (Å²) in [7, 11) is 0. The van der Waals surface area contributed by atoms with Gasteiger partial charge in [-0.3, -0.25) is 14.2 Å². The molecule has 1 aliphatic rings. The van der Waals surface area contributed by atoms with E-state index in [1.54, 1.807) is 18.0 Å². The fraction of sp³-hybridized carbons (Fsp3) is 0.190. The van der Waals surface area contributed by atoms with Crippen LogP contribution in [-0.4, -0.2) is 33.7 Å². The van der Waals surface area contributed by atoms with E-state index in [1.165, 1.54) is 11.8 Å². The third kappa shape index (κ3) is 3.80. The number of aromatic nitrogens is 2. The quantitative estimate of drug-likeness (QED) is 0.675. The fourth-order valence-electron chi connectivity index (χ4n) is 3.32. The second-order valence-electron chi connectivity index (χ2n) is 6.52. The Hall–Kier alpha value is -3.06. The lowest BCUT2D eigenvalue weighted by molar-refractivity contribution is -0.116. The van der Waals surface area contributed by atoms with Crippen molar-refractivity contribution in [2.24, 2.45) is 0 Å². The van der Waals surface area contributed by atoms with Crippen LogP contribution in [0.1, 0.15) is 12.5 Å². The van der Waals surface area contributed by atoms with E-state index in [2.05, 4.69) is 10.3 Å². The molecule has 1 N–H and O–H groups in total. The van der Waals surface area contributed by atoms with E-state index in [0.29, 0.717) is 6.54 Å². The summed E-state index contributed by atoms with van der Waals surface area (Å²) in [5, 5.41) is 3.71. The predicted octanol–water partition coefficient (Wildman–Crippen LogP) is 3.51. The molecule has 2 aromatic carbocycles. The maximum atomic E-state index is 12.4. The Labute approximate surface area is 167 Å². The summed E-state index contributed by atoms with van der Waals surface area (Å²) in [5.41, 5.74) is 3.78. The van der Waals surface area contributed by atoms with Crippen LogP contribution in [0.2, 0.25) is 0 Å². The van der Waals surface area contributed by atoms with Gasteiger partial charge in [0.15, 0.2) is 5.16 Å². The van der Waals surface area contributed by atoms with Gasteiger partial charge in [-0.05, 0) is 42.3 Å². The molecule has 7 heteroatoms. The van der Waals surface area contributed by atoms with Crippen LogP contribution >= 0.6 is 11.8 Å². The average Bonchev–Trinajstić information content (AvgIpc) is 3.33. The van der Waals surface area contributed by atoms with E-state index >= 15 is 0 Å². The summed E-state index contributed by atoms with van der Waals surface area (Å²) < 4.78 is 1.96. The van der Waals surface area contributed by atoms with Crippen molar-refractivity contribution in [2.45, 2.75) is 18.5 Å². The third-order valence-electron chi connectivity index (χ3n) is 4.61. The molecule has 3 aromatic rings. The monoisotopic (exact) mass is 392 g/mol. The number of thioether (sulfide) groups is 1. The number of hydrogen-bond donors (Lipinski definition) is 1. The van der Waals surface area contributed by atoms with Crippen LogP contribution in [0.4, 0.5) is 11.4 Å². The first-order valence-corrected chi connectivity index (χ1v) is 10.0. The van der Waals surface area contributed by atoms with E-state index in [4.69, 9.17) is 0 Å². The number of rotatable bonds is 5. The van der Waals surface area contributed by atoms with Gasteiger partial charge in [0.1, 0.15) is 0 Å². The summed E-state index contributed by atoms with van der Waals surface area (Å²) in [6, 6.07) is 15.6. The summed E-state index contributed by atoms with van der Waals surface area (Å²) >= 11 is 1.39. The zero-order valence-electron chi connectivity index (χ0n) is 15.5. The van der Waals surface area contributed by atoms with Gasteiger partial charge in [0.2, 0.25) is 11.8 Å². The maximum absolute atomic E-state index is 12.4. The molecule has 0 unspecified atom stereocenters. The Bertz CT molecular complexity index is 1020. The van der Waals surface area contributed by atoms with Crippen LogP contribution in [0.5, 0.6) is 0 Å². The molecule has 0 radical (unpaired) electrons. The van der Waals surface area contributed by atoms with E-state index < -0.39 is 0 Å². The molecule has 4 rings (SSSR count). The molecule has 1 aliphatic heterocycles. The molecular weight excluding hydrogens is 372 g/mol. The minimum atomic E-state index is -0.0889. The van der Waals surface area contributed by atoms with E-state index in [9.17, 15) is 9.59 Å². The molecule has 142 valence electrons. The van der Waals surface area contributed by atoms with Gasteiger partial charge in [-0.25, -0.2) is 4.98 Å². The first-order valence-electron chi connectivity index (χ1n) is 9.04. The lowest BCUT2D eigenvalue weighted by atomic mass is 10.1. The number of carbonyl (C=O) groups is 2. The first-order chi connectivity index (χ1) is 13.6. The lowest BCUT2D eigenvalue weighted by Crippen LogP contribution is -2.25. The number of amides is 2. The number of nitrogens with zero attached hydrogens (tertiary/aromatic N) is 3. The summed E-state index contributed by atoms with van der Waals surface area (Å²) in [6.45, 7) is 2.27. The van der Waals surface area contributed by atoms with Crippen molar-refractivity contribution in [1.29, 1.82) is 0 Å². The first kappa shape index (κ1) is 18.3. The van der Waals surface area contributed by atoms with E-state index in [0.717, 1.165) is 34.2 Å². The number of hydrogen-bond acceptors (Lipinski definition) is 4. The van der Waals surface area contributed by atoms with Gasteiger partial charge in [0.25, 0.3) is 0 Å². The minimum absolute atomic E-state index is 0.0425. The normalized spacial score (nSPS) is 12.7. The van der Waals surface area contributed by atoms with Gasteiger partial charge in [-0.15, -0.1) is 0 Å². The van der Waals surface area contributed by atoms with Crippen molar-refractivity contribution in [3.8, 4) is 5.69 Å². The van der Waals surface area contributed by atoms with Gasteiger partial charge in [-0.2, -0.15) is 0 Å². The van der Waals surface area contributed by atoms with E-state index in [1.807, 2.05) is 59.3 Å². The summed E-state index contributed by atoms with van der Waals surface area (Å²) in [6.07, 6.45) is 4.42. The van der Waals surface area contributed by atoms with Crippen LogP contribution < -0.4 is 10.2 Å². The van der Waals surface area contributed by atoms with Crippen molar-refractivity contribution in [3.63, 3.8) is 0 Å². The van der Waals surface area contributed by atoms with Crippen LogP contribution in [-0.2, 0) is 16.0 Å². The molecule has 0 atom stereocenters. The highest BCUT2D eigenvalue weighted by atomic mass is 32.2. The third-order valence-corrected chi connectivity index (χ3v) is 5.58. The average molecular weight is 392 g/mol. The Morgan fingerprint density at radius 1 is 1.18 bits per heavy atom. The number of imidazole rings is 1. The molecule has 1 aromatic heterocycles. The van der Waals surface area contributed by atoms with Crippen LogP contribution in [0.3, 0.4) is 0 Å². The van der Waals surface area contributed by atoms with Crippen molar-refractivity contribution in [2.75, 3.05) is 22.5 Å². The number of benzene rings is 2. The SMILES string of the molecule is CC(=O)N1CCc2cc(NC(=O)CSc3nccn3-c3ccccc3)ccc21. The molecule has 0 saturated carbocycles. The molecule has 28 heavy (non-hydrogen) atoms. The molecule has 0 aliphatic carbocycles. The highest BCUT2D eigenvalue weighted by Gasteiger charge is 2.22. The predicted molar refractivity (Wildman–Crippen MR) is 111 cm³/mol. The van der Waals surface area contributed by atoms with Crippen LogP contribution in [0, 0.1) is 0 Å². The topological polar surface area (TPSA) is 67.2 Å². The van der Waals surface area contributed by atoms with Gasteiger partial charge >= 0.3 is 0 Å². The molecule has 6 nitrogen and oxygen atoms in total. The molecule has 2 heterocycles. The van der Waals surface area contributed by atoms with Crippen molar-refractivity contribution >= 4 is 35.0 Å². The number of fused-ring (bicyclic) bond motifs is 1. The van der Waals surface area contributed by atoms with Crippen molar-refractivity contribution in [3.05, 3.63) is 66.5 Å². The van der Waals surface area contributed by atoms with E-state index in [-0.39, 0.29) is 17.6 Å². The molecular formula is C21H20N4O2S. The number of nitrogens with one attached hydrogen (secondary N) is 1. The number of anilines is 2. The minimum Gasteiger partial charge on any atom is -0.325 e. The Balaban J connectivity index is 1.39. The van der Waals surface area contributed by atoms with Crippen LogP contribution in [0.25, 0.3) is 5.69 Å². The standard InChI is InChI=1S/C21H20N4O2S/c1-15(26)24-11-9-16-13-17(7-8-19(16)24)23-20(27)14-28-21-22-10-12-25(21)18-5-3-2-4-6-18/h2-8,10,12-13H,9,11,14H2,1H3,(H,23,27). The Morgan fingerprint density at radius 2 is 2.00 bits per heavy atom. The van der Waals surface area contributed by atoms with Crippen molar-refractivity contribution in [1.82, 2.24) is 9.55 Å². The maximum Gasteiger partial charge on any atom is 0.234 e. The van der Waals surface area contributed by atoms with Gasteiger partial charge < -0.3 is 10.2 Å². The second-order valence-corrected chi connectivity index (χ2v) is 7.46. The lowest BCUT2D eigenvalue weighted by Gasteiger charge is -2.15. The second kappa shape index (κ2) is 7.90. The highest BCUT2D eigenvalue weighted by molar-refractivity contribution is 7.99. The molecule has 0 saturated heterocycles. The van der Waals surface area contributed by atoms with Crippen LogP contribution in [0.15, 0.2) is 66.1 Å². The Morgan fingerprint density at radius 3 is 2.79 bits per heavy atom. The van der Waals surface area contributed by atoms with Gasteiger partial charge in [-0.1, -0.05) is 30.0 Å². The Kier molecular flexibility index (Phi) is 5.16. The molecule has 0 fully saturated rings. The number of carbonyl (C=O) groups excluding carboxylic acids is 2. The smallest absolute Gasteiger partial charge is 0.234 e. The van der Waals surface area contributed by atoms with Gasteiger partial charge in [0.05, 0.1) is 5.75 Å². The number of para-hydroxylation sites is 1. The van der Waals surface area contributed by atoms with Gasteiger partial charge in [0, 0.05) is 42.9 Å². The molecule has 2 amide bonds. The molecule has 0 bridgehead atoms. The highest BCUT2D eigenvalue weighted by Crippen LogP contribution is 2.30. The zero-order chi connectivity index (χ0) is 19.5. The fourth-order valence-corrected chi connectivity index (χ4v) is 4.09.